The first-order chi connectivity index (χ1) is 20.7. The number of H-pyrrole nitrogens is 1. The SMILES string of the molecule is Cc1cc(C(Nc2ccc3nc[nH]c(=O)c3c2)C(=O)O)cc(C)c1CN(C)C(=O)Nc1ccc(S(=O)(=O)C(C)C)c(CN)c1. The Morgan fingerprint density at radius 3 is 2.32 bits per heavy atom. The fourth-order valence-electron chi connectivity index (χ4n) is 4.93. The topological polar surface area (TPSA) is 188 Å². The summed E-state index contributed by atoms with van der Waals surface area (Å²) in [5, 5.41) is 15.6. The number of sulfone groups is 1. The Bertz CT molecular complexity index is 1880. The quantitative estimate of drug-likeness (QED) is 0.174. The molecule has 6 N–H and O–H groups in total. The van der Waals surface area contributed by atoms with Crippen LogP contribution < -0.4 is 21.9 Å². The van der Waals surface area contributed by atoms with Crippen LogP contribution in [0.1, 0.15) is 47.7 Å². The van der Waals surface area contributed by atoms with Gasteiger partial charge in [-0.1, -0.05) is 12.1 Å². The van der Waals surface area contributed by atoms with Crippen LogP contribution in [-0.4, -0.2) is 52.7 Å². The van der Waals surface area contributed by atoms with E-state index in [2.05, 4.69) is 20.6 Å². The number of nitrogens with one attached hydrogen (secondary N) is 3. The lowest BCUT2D eigenvalue weighted by molar-refractivity contribution is -0.138. The molecule has 0 radical (unpaired) electrons. The second-order valence-electron chi connectivity index (χ2n) is 10.9. The average Bonchev–Trinajstić information content (AvgIpc) is 2.97. The number of carboxylic acid groups (broad SMARTS) is 1. The Balaban J connectivity index is 1.52. The molecule has 1 heterocycles. The molecule has 3 aromatic carbocycles. The van der Waals surface area contributed by atoms with E-state index in [4.69, 9.17) is 5.73 Å². The van der Waals surface area contributed by atoms with E-state index in [-0.39, 0.29) is 23.5 Å². The van der Waals surface area contributed by atoms with E-state index in [9.17, 15) is 27.9 Å². The molecule has 0 saturated heterocycles. The van der Waals surface area contributed by atoms with Gasteiger partial charge in [0.15, 0.2) is 15.9 Å². The smallest absolute Gasteiger partial charge is 0.330 e. The molecule has 1 aromatic heterocycles. The summed E-state index contributed by atoms with van der Waals surface area (Å²) in [5.41, 5.74) is 10.2. The zero-order chi connectivity index (χ0) is 32.3. The van der Waals surface area contributed by atoms with Gasteiger partial charge in [-0.2, -0.15) is 0 Å². The second-order valence-corrected chi connectivity index (χ2v) is 13.4. The number of rotatable bonds is 10. The summed E-state index contributed by atoms with van der Waals surface area (Å²) in [7, 11) is -1.91. The summed E-state index contributed by atoms with van der Waals surface area (Å²) >= 11 is 0. The van der Waals surface area contributed by atoms with Crippen LogP contribution in [0.5, 0.6) is 0 Å². The predicted molar refractivity (Wildman–Crippen MR) is 169 cm³/mol. The van der Waals surface area contributed by atoms with Crippen LogP contribution in [0.4, 0.5) is 16.2 Å². The van der Waals surface area contributed by atoms with E-state index >= 15 is 0 Å². The number of benzene rings is 3. The first-order valence-corrected chi connectivity index (χ1v) is 15.4. The number of carboxylic acids is 1. The molecule has 0 saturated carbocycles. The maximum Gasteiger partial charge on any atom is 0.330 e. The standard InChI is InChI=1S/C31H36N6O6S/c1-17(2)44(42,43)27-9-7-22(12-21(27)14-32)36-31(41)37(5)15-25-18(3)10-20(11-19(25)4)28(30(39)40)35-23-6-8-26-24(13-23)29(38)34-16-33-26/h6-13,16-17,28,35H,14-15,32H2,1-5H3,(H,36,41)(H,39,40)(H,33,34,38). The van der Waals surface area contributed by atoms with Gasteiger partial charge in [-0.15, -0.1) is 0 Å². The van der Waals surface area contributed by atoms with Crippen molar-refractivity contribution in [2.75, 3.05) is 17.7 Å². The minimum absolute atomic E-state index is 0.00583. The summed E-state index contributed by atoms with van der Waals surface area (Å²) < 4.78 is 25.3. The molecule has 0 aliphatic heterocycles. The number of urea groups is 1. The minimum atomic E-state index is -3.54. The Kier molecular flexibility index (Phi) is 9.40. The predicted octanol–water partition coefficient (Wildman–Crippen LogP) is 4.08. The number of nitrogens with two attached hydrogens (primary N) is 1. The Morgan fingerprint density at radius 1 is 1.05 bits per heavy atom. The summed E-state index contributed by atoms with van der Waals surface area (Å²) in [6.45, 7) is 7.12. The summed E-state index contributed by atoms with van der Waals surface area (Å²) in [5.74, 6) is -1.10. The zero-order valence-corrected chi connectivity index (χ0v) is 26.0. The number of hydrogen-bond donors (Lipinski definition) is 5. The molecule has 0 aliphatic rings. The first kappa shape index (κ1) is 32.2. The molecule has 0 aliphatic carbocycles. The van der Waals surface area contributed by atoms with Gasteiger partial charge in [-0.25, -0.2) is 23.0 Å². The van der Waals surface area contributed by atoms with Crippen molar-refractivity contribution < 1.29 is 23.1 Å². The Hall–Kier alpha value is -4.75. The van der Waals surface area contributed by atoms with Gasteiger partial charge in [0.2, 0.25) is 0 Å². The number of hydrogen-bond acceptors (Lipinski definition) is 8. The van der Waals surface area contributed by atoms with Crippen molar-refractivity contribution in [1.29, 1.82) is 0 Å². The fraction of sp³-hybridized carbons (Fsp3) is 0.290. The van der Waals surface area contributed by atoms with Crippen molar-refractivity contribution in [3.8, 4) is 0 Å². The highest BCUT2D eigenvalue weighted by molar-refractivity contribution is 7.92. The van der Waals surface area contributed by atoms with Crippen LogP contribution in [0.2, 0.25) is 0 Å². The first-order valence-electron chi connectivity index (χ1n) is 13.9. The highest BCUT2D eigenvalue weighted by atomic mass is 32.2. The molecule has 232 valence electrons. The van der Waals surface area contributed by atoms with Crippen molar-refractivity contribution in [3.05, 3.63) is 93.0 Å². The summed E-state index contributed by atoms with van der Waals surface area (Å²) in [6, 6.07) is 11.4. The third-order valence-electron chi connectivity index (χ3n) is 7.45. The average molecular weight is 621 g/mol. The molecule has 13 heteroatoms. The minimum Gasteiger partial charge on any atom is -0.479 e. The van der Waals surface area contributed by atoms with Gasteiger partial charge in [-0.3, -0.25) is 4.79 Å². The number of anilines is 2. The van der Waals surface area contributed by atoms with Crippen molar-refractivity contribution in [2.45, 2.75) is 57.0 Å². The number of amides is 2. The van der Waals surface area contributed by atoms with E-state index in [1.54, 1.807) is 57.3 Å². The van der Waals surface area contributed by atoms with E-state index < -0.39 is 33.1 Å². The number of carbonyl (C=O) groups excluding carboxylic acids is 1. The molecule has 1 atom stereocenters. The number of aromatic amines is 1. The number of aliphatic carboxylic acids is 1. The number of fused-ring (bicyclic) bond motifs is 1. The van der Waals surface area contributed by atoms with Crippen LogP contribution in [0, 0.1) is 13.8 Å². The lowest BCUT2D eigenvalue weighted by Gasteiger charge is -2.23. The van der Waals surface area contributed by atoms with Crippen molar-refractivity contribution >= 4 is 44.1 Å². The fourth-order valence-corrected chi connectivity index (χ4v) is 6.21. The number of nitrogens with zero attached hydrogens (tertiary/aromatic N) is 2. The van der Waals surface area contributed by atoms with E-state index in [0.29, 0.717) is 33.4 Å². The second kappa shape index (κ2) is 12.9. The Morgan fingerprint density at radius 2 is 1.70 bits per heavy atom. The molecule has 44 heavy (non-hydrogen) atoms. The molecular weight excluding hydrogens is 584 g/mol. The normalized spacial score (nSPS) is 12.2. The van der Waals surface area contributed by atoms with Crippen molar-refractivity contribution in [1.82, 2.24) is 14.9 Å². The number of aryl methyl sites for hydroxylation is 2. The van der Waals surface area contributed by atoms with Crippen LogP contribution in [0.25, 0.3) is 10.9 Å². The maximum absolute atomic E-state index is 13.1. The van der Waals surface area contributed by atoms with Crippen LogP contribution >= 0.6 is 0 Å². The molecule has 0 fully saturated rings. The summed E-state index contributed by atoms with van der Waals surface area (Å²) in [6.07, 6.45) is 1.31. The van der Waals surface area contributed by atoms with Gasteiger partial charge in [0, 0.05) is 31.5 Å². The van der Waals surface area contributed by atoms with E-state index in [0.717, 1.165) is 16.7 Å². The lowest BCUT2D eigenvalue weighted by Crippen LogP contribution is -2.31. The molecular formula is C31H36N6O6S. The van der Waals surface area contributed by atoms with Gasteiger partial charge in [0.1, 0.15) is 0 Å². The van der Waals surface area contributed by atoms with E-state index in [1.165, 1.54) is 23.4 Å². The van der Waals surface area contributed by atoms with Gasteiger partial charge in [0.05, 0.1) is 27.4 Å². The van der Waals surface area contributed by atoms with Crippen molar-refractivity contribution in [3.63, 3.8) is 0 Å². The van der Waals surface area contributed by atoms with Gasteiger partial charge < -0.3 is 31.4 Å². The largest absolute Gasteiger partial charge is 0.479 e. The molecule has 12 nitrogen and oxygen atoms in total. The number of carbonyl (C=O) groups is 2. The maximum atomic E-state index is 13.1. The Labute approximate surface area is 255 Å². The molecule has 4 aromatic rings. The third-order valence-corrected chi connectivity index (χ3v) is 9.70. The third kappa shape index (κ3) is 6.74. The monoisotopic (exact) mass is 620 g/mol. The van der Waals surface area contributed by atoms with E-state index in [1.807, 2.05) is 13.8 Å². The van der Waals surface area contributed by atoms with Crippen LogP contribution in [0.3, 0.4) is 0 Å². The highest BCUT2D eigenvalue weighted by Crippen LogP contribution is 2.28. The molecule has 4 rings (SSSR count). The highest BCUT2D eigenvalue weighted by Gasteiger charge is 2.24. The molecule has 0 spiro atoms. The van der Waals surface area contributed by atoms with Gasteiger partial charge >= 0.3 is 12.0 Å². The number of aromatic nitrogens is 2. The lowest BCUT2D eigenvalue weighted by atomic mass is 9.95. The van der Waals surface area contributed by atoms with Gasteiger partial charge in [-0.05, 0) is 91.9 Å². The molecule has 0 bridgehead atoms. The van der Waals surface area contributed by atoms with Crippen LogP contribution in [0.15, 0.2) is 64.5 Å². The summed E-state index contributed by atoms with van der Waals surface area (Å²) in [4.78, 5) is 45.8. The van der Waals surface area contributed by atoms with Crippen LogP contribution in [-0.2, 0) is 27.7 Å². The van der Waals surface area contributed by atoms with Crippen molar-refractivity contribution in [2.24, 2.45) is 5.73 Å². The molecule has 1 unspecified atom stereocenters. The van der Waals surface area contributed by atoms with Gasteiger partial charge in [0.25, 0.3) is 5.56 Å². The molecule has 2 amide bonds. The zero-order valence-electron chi connectivity index (χ0n) is 25.1.